The Labute approximate surface area is 120 Å². The summed E-state index contributed by atoms with van der Waals surface area (Å²) in [6, 6.07) is 0.122. The van der Waals surface area contributed by atoms with Crippen molar-refractivity contribution in [3.05, 3.63) is 0 Å². The fourth-order valence-electron chi connectivity index (χ4n) is 2.87. The first-order chi connectivity index (χ1) is 9.47. The second-order valence-corrected chi connectivity index (χ2v) is 6.25. The summed E-state index contributed by atoms with van der Waals surface area (Å²) in [7, 11) is 4.00. The van der Waals surface area contributed by atoms with Gasteiger partial charge in [0.2, 0.25) is 0 Å². The van der Waals surface area contributed by atoms with Crippen molar-refractivity contribution in [2.24, 2.45) is 5.92 Å². The molecule has 114 valence electrons. The number of hydrogen-bond donors (Lipinski definition) is 1. The van der Waals surface area contributed by atoms with Gasteiger partial charge >= 0.3 is 12.0 Å². The fourth-order valence-corrected chi connectivity index (χ4v) is 2.87. The van der Waals surface area contributed by atoms with E-state index in [1.54, 1.807) is 0 Å². The number of rotatable bonds is 6. The van der Waals surface area contributed by atoms with E-state index in [1.807, 2.05) is 19.0 Å². The van der Waals surface area contributed by atoms with Gasteiger partial charge in [-0.25, -0.2) is 4.79 Å². The smallest absolute Gasteiger partial charge is 0.323 e. The van der Waals surface area contributed by atoms with Crippen LogP contribution in [0.3, 0.4) is 0 Å². The molecule has 0 aromatic carbocycles. The number of nitrogens with zero attached hydrogens (tertiary/aromatic N) is 3. The van der Waals surface area contributed by atoms with Gasteiger partial charge < -0.3 is 19.8 Å². The van der Waals surface area contributed by atoms with E-state index < -0.39 is 5.97 Å². The van der Waals surface area contributed by atoms with Crippen molar-refractivity contribution in [2.75, 3.05) is 40.3 Å². The molecule has 1 heterocycles. The van der Waals surface area contributed by atoms with Crippen LogP contribution in [0, 0.1) is 5.92 Å². The Kier molecular flexibility index (Phi) is 4.86. The summed E-state index contributed by atoms with van der Waals surface area (Å²) in [6.07, 6.45) is 4.25. The van der Waals surface area contributed by atoms with E-state index in [1.165, 1.54) is 4.90 Å². The summed E-state index contributed by atoms with van der Waals surface area (Å²) >= 11 is 0. The van der Waals surface area contributed by atoms with Crippen molar-refractivity contribution in [3.8, 4) is 0 Å². The van der Waals surface area contributed by atoms with E-state index in [4.69, 9.17) is 5.11 Å². The number of carboxylic acids is 1. The fraction of sp³-hybridized carbons (Fsp3) is 0.857. The lowest BCUT2D eigenvalue weighted by Gasteiger charge is -2.32. The minimum atomic E-state index is -0.928. The first-order valence-electron chi connectivity index (χ1n) is 7.39. The molecule has 6 nitrogen and oxygen atoms in total. The molecule has 2 fully saturated rings. The van der Waals surface area contributed by atoms with Gasteiger partial charge in [0.15, 0.2) is 0 Å². The van der Waals surface area contributed by atoms with Gasteiger partial charge in [0.05, 0.1) is 0 Å². The standard InChI is InChI=1S/C14H25N3O3/c1-15(2)9-12-4-3-7-17(12)14(20)16(10-13(18)19)8-11-5-6-11/h11-12H,3-10H2,1-2H3,(H,18,19). The van der Waals surface area contributed by atoms with Crippen LogP contribution in [0.4, 0.5) is 4.79 Å². The van der Waals surface area contributed by atoms with Crippen LogP contribution in [0.15, 0.2) is 0 Å². The van der Waals surface area contributed by atoms with Crippen LogP contribution in [0.5, 0.6) is 0 Å². The van der Waals surface area contributed by atoms with E-state index in [9.17, 15) is 9.59 Å². The van der Waals surface area contributed by atoms with Gasteiger partial charge in [0.1, 0.15) is 6.54 Å². The highest BCUT2D eigenvalue weighted by atomic mass is 16.4. The van der Waals surface area contributed by atoms with Crippen LogP contribution in [-0.2, 0) is 4.79 Å². The lowest BCUT2D eigenvalue weighted by Crippen LogP contribution is -2.50. The van der Waals surface area contributed by atoms with Gasteiger partial charge in [-0.15, -0.1) is 0 Å². The Morgan fingerprint density at radius 1 is 1.20 bits per heavy atom. The highest BCUT2D eigenvalue weighted by Gasteiger charge is 2.35. The predicted molar refractivity (Wildman–Crippen MR) is 75.6 cm³/mol. The molecule has 1 aliphatic carbocycles. The second-order valence-electron chi connectivity index (χ2n) is 6.25. The van der Waals surface area contributed by atoms with Gasteiger partial charge in [-0.05, 0) is 45.7 Å². The summed E-state index contributed by atoms with van der Waals surface area (Å²) in [6.45, 7) is 2.01. The maximum atomic E-state index is 12.6. The molecular formula is C14H25N3O3. The molecular weight excluding hydrogens is 258 g/mol. The zero-order valence-electron chi connectivity index (χ0n) is 12.4. The molecule has 20 heavy (non-hydrogen) atoms. The van der Waals surface area contributed by atoms with E-state index in [2.05, 4.69) is 4.90 Å². The molecule has 0 bridgehead atoms. The summed E-state index contributed by atoms with van der Waals surface area (Å²) in [5.74, 6) is -0.421. The van der Waals surface area contributed by atoms with Crippen molar-refractivity contribution in [1.29, 1.82) is 0 Å². The highest BCUT2D eigenvalue weighted by Crippen LogP contribution is 2.30. The number of urea groups is 1. The summed E-state index contributed by atoms with van der Waals surface area (Å²) in [4.78, 5) is 29.0. The lowest BCUT2D eigenvalue weighted by atomic mass is 10.2. The number of likely N-dealkylation sites (N-methyl/N-ethyl adjacent to an activating group) is 1. The van der Waals surface area contributed by atoms with E-state index >= 15 is 0 Å². The Hall–Kier alpha value is -1.30. The lowest BCUT2D eigenvalue weighted by molar-refractivity contribution is -0.137. The molecule has 1 N–H and O–H groups in total. The third-order valence-electron chi connectivity index (χ3n) is 3.97. The monoisotopic (exact) mass is 283 g/mol. The maximum Gasteiger partial charge on any atom is 0.323 e. The molecule has 0 aromatic heterocycles. The number of hydrogen-bond acceptors (Lipinski definition) is 3. The molecule has 1 aliphatic heterocycles. The number of amides is 2. The van der Waals surface area contributed by atoms with Crippen LogP contribution in [0.2, 0.25) is 0 Å². The topological polar surface area (TPSA) is 64.1 Å². The first kappa shape index (κ1) is 15.1. The Balaban J connectivity index is 1.98. The minimum Gasteiger partial charge on any atom is -0.480 e. The molecule has 6 heteroatoms. The number of aliphatic carboxylic acids is 1. The largest absolute Gasteiger partial charge is 0.480 e. The molecule has 1 unspecified atom stereocenters. The Morgan fingerprint density at radius 3 is 2.45 bits per heavy atom. The SMILES string of the molecule is CN(C)CC1CCCN1C(=O)N(CC(=O)O)CC1CC1. The molecule has 2 aliphatic rings. The molecule has 2 rings (SSSR count). The highest BCUT2D eigenvalue weighted by molar-refractivity contribution is 5.80. The number of carbonyl (C=O) groups is 2. The van der Waals surface area contributed by atoms with Crippen molar-refractivity contribution in [3.63, 3.8) is 0 Å². The van der Waals surface area contributed by atoms with Gasteiger partial charge in [0, 0.05) is 25.7 Å². The Morgan fingerprint density at radius 2 is 1.90 bits per heavy atom. The molecule has 1 saturated heterocycles. The molecule has 2 amide bonds. The molecule has 0 aromatic rings. The van der Waals surface area contributed by atoms with E-state index in [-0.39, 0.29) is 18.6 Å². The third kappa shape index (κ3) is 4.10. The second kappa shape index (κ2) is 6.43. The molecule has 0 radical (unpaired) electrons. The predicted octanol–water partition coefficient (Wildman–Crippen LogP) is 0.929. The van der Waals surface area contributed by atoms with Crippen LogP contribution in [0.25, 0.3) is 0 Å². The van der Waals surface area contributed by atoms with E-state index in [0.717, 1.165) is 38.8 Å². The minimum absolute atomic E-state index is 0.0938. The summed E-state index contributed by atoms with van der Waals surface area (Å²) in [5, 5.41) is 9.00. The average molecular weight is 283 g/mol. The van der Waals surface area contributed by atoms with Crippen LogP contribution in [-0.4, -0.2) is 78.1 Å². The number of carboxylic acid groups (broad SMARTS) is 1. The van der Waals surface area contributed by atoms with Crippen molar-refractivity contribution < 1.29 is 14.7 Å². The molecule has 0 spiro atoms. The van der Waals surface area contributed by atoms with Crippen molar-refractivity contribution in [2.45, 2.75) is 31.7 Å². The summed E-state index contributed by atoms with van der Waals surface area (Å²) < 4.78 is 0. The molecule has 1 atom stereocenters. The quantitative estimate of drug-likeness (QED) is 0.787. The van der Waals surface area contributed by atoms with Gasteiger partial charge in [-0.2, -0.15) is 0 Å². The number of carbonyl (C=O) groups excluding carboxylic acids is 1. The Bertz CT molecular complexity index is 369. The zero-order chi connectivity index (χ0) is 14.7. The van der Waals surface area contributed by atoms with Crippen LogP contribution >= 0.6 is 0 Å². The van der Waals surface area contributed by atoms with Crippen LogP contribution in [0.1, 0.15) is 25.7 Å². The normalized spacial score (nSPS) is 22.4. The average Bonchev–Trinajstić information content (AvgIpc) is 3.04. The number of likely N-dealkylation sites (tertiary alicyclic amines) is 1. The maximum absolute atomic E-state index is 12.6. The molecule has 1 saturated carbocycles. The first-order valence-corrected chi connectivity index (χ1v) is 7.39. The van der Waals surface area contributed by atoms with Gasteiger partial charge in [-0.1, -0.05) is 0 Å². The van der Waals surface area contributed by atoms with E-state index in [0.29, 0.717) is 12.5 Å². The van der Waals surface area contributed by atoms with Crippen molar-refractivity contribution >= 4 is 12.0 Å². The summed E-state index contributed by atoms with van der Waals surface area (Å²) in [5.41, 5.74) is 0. The van der Waals surface area contributed by atoms with Crippen molar-refractivity contribution in [1.82, 2.24) is 14.7 Å². The van der Waals surface area contributed by atoms with Crippen LogP contribution < -0.4 is 0 Å². The zero-order valence-corrected chi connectivity index (χ0v) is 12.4. The third-order valence-corrected chi connectivity index (χ3v) is 3.97. The van der Waals surface area contributed by atoms with Gasteiger partial charge in [-0.3, -0.25) is 4.79 Å². The van der Waals surface area contributed by atoms with Gasteiger partial charge in [0.25, 0.3) is 0 Å².